The third-order valence-corrected chi connectivity index (χ3v) is 18.4. The second-order valence-corrected chi connectivity index (χ2v) is 28.4. The number of carboxylic acids is 3. The van der Waals surface area contributed by atoms with Crippen LogP contribution in [-0.4, -0.2) is 286 Å². The Hall–Kier alpha value is -14.6. The van der Waals surface area contributed by atoms with Crippen LogP contribution in [0.2, 0.25) is 0 Å². The maximum Gasteiger partial charge on any atom is 0.317 e. The second kappa shape index (κ2) is 43.7. The van der Waals surface area contributed by atoms with Crippen LogP contribution in [0.25, 0.3) is 0 Å². The number of nitrogens with zero attached hydrogens (tertiary/aromatic N) is 14. The molecular formula is C75H99N27O20. The van der Waals surface area contributed by atoms with Gasteiger partial charge in [-0.25, -0.2) is 15.0 Å². The van der Waals surface area contributed by atoms with Gasteiger partial charge in [0.2, 0.25) is 35.3 Å². The summed E-state index contributed by atoms with van der Waals surface area (Å²) in [5.74, 6) is -11.2. The molecule has 13 amide bonds. The summed E-state index contributed by atoms with van der Waals surface area (Å²) in [7, 11) is 14.5. The van der Waals surface area contributed by atoms with E-state index in [2.05, 4.69) is 84.1 Å². The first-order chi connectivity index (χ1) is 57.9. The molecule has 654 valence electrons. The van der Waals surface area contributed by atoms with Crippen LogP contribution < -0.4 is 69.1 Å². The van der Waals surface area contributed by atoms with E-state index >= 15 is 0 Å². The van der Waals surface area contributed by atoms with Crippen molar-refractivity contribution in [2.45, 2.75) is 44.6 Å². The number of carboxylic acid groups (broad SMARTS) is 3. The van der Waals surface area contributed by atoms with Crippen LogP contribution in [0.5, 0.6) is 0 Å². The number of aliphatic hydroxyl groups is 1. The minimum atomic E-state index is -1.74. The van der Waals surface area contributed by atoms with Crippen LogP contribution in [0, 0.1) is 0 Å². The monoisotopic (exact) mass is 1700 g/mol. The molecule has 47 heteroatoms. The minimum Gasteiger partial charge on any atom is -0.480 e. The van der Waals surface area contributed by atoms with Crippen LogP contribution in [0.15, 0.2) is 86.1 Å². The first-order valence-electron chi connectivity index (χ1n) is 38.0. The van der Waals surface area contributed by atoms with Gasteiger partial charge in [0.25, 0.3) is 53.2 Å². The van der Waals surface area contributed by atoms with E-state index in [0.717, 1.165) is 4.90 Å². The molecular weight excluding hydrogens is 1600 g/mol. The van der Waals surface area contributed by atoms with Crippen LogP contribution in [0.4, 0.5) is 40.1 Å². The summed E-state index contributed by atoms with van der Waals surface area (Å²) in [4.78, 5) is 220. The SMILES string of the molecule is CN(CCCNC(=O)CCNC(=O)c1cc(NC(=O)c2nc(NC(=O)CCNC(=O)c3cc(NC(=O)c4cc(NC(=O)CCCNC(=O)c5cc(NC(=O)c6nc(NC(=O)[C@@H](O)CNC(=O)c7cc(NC(=O)c8nccn8C)cn7C)cn6C)cn5C)cn4C)cn3C)cn2C)cn1C)CCCNC(=O)CN(CCN(CC(=O)O)CC(=O)O)CC(=O)O. The van der Waals surface area contributed by atoms with Gasteiger partial charge in [0.05, 0.1) is 61.2 Å². The number of carbonyl (C=O) groups excluding carboxylic acids is 13. The van der Waals surface area contributed by atoms with Gasteiger partial charge in [-0.3, -0.25) is 86.5 Å². The van der Waals surface area contributed by atoms with Gasteiger partial charge in [-0.05, 0) is 69.7 Å². The normalized spacial score (nSPS) is 11.4. The quantitative estimate of drug-likeness (QED) is 0.0186. The number of hydrogen-bond acceptors (Lipinski definition) is 23. The predicted octanol–water partition coefficient (Wildman–Crippen LogP) is -1.85. The highest BCUT2D eigenvalue weighted by molar-refractivity contribution is 6.08. The van der Waals surface area contributed by atoms with E-state index in [-0.39, 0.29) is 152 Å². The first kappa shape index (κ1) is 92.9. The Kier molecular flexibility index (Phi) is 33.3. The van der Waals surface area contributed by atoms with Crippen LogP contribution in [0.1, 0.15) is 123 Å². The highest BCUT2D eigenvalue weighted by Gasteiger charge is 2.27. The van der Waals surface area contributed by atoms with Crippen LogP contribution in [0.3, 0.4) is 0 Å². The highest BCUT2D eigenvalue weighted by Crippen LogP contribution is 2.22. The number of aliphatic carboxylic acids is 3. The van der Waals surface area contributed by atoms with E-state index in [1.54, 1.807) is 48.5 Å². The third-order valence-electron chi connectivity index (χ3n) is 18.4. The molecule has 8 aromatic heterocycles. The fraction of sp³-hybridized carbons (Fsp3) is 0.400. The molecule has 47 nitrogen and oxygen atoms in total. The zero-order valence-electron chi connectivity index (χ0n) is 68.4. The van der Waals surface area contributed by atoms with Gasteiger partial charge in [-0.15, -0.1) is 0 Å². The fourth-order valence-corrected chi connectivity index (χ4v) is 12.3. The highest BCUT2D eigenvalue weighted by atomic mass is 16.4. The molecule has 0 aromatic carbocycles. The summed E-state index contributed by atoms with van der Waals surface area (Å²) < 4.78 is 11.6. The van der Waals surface area contributed by atoms with E-state index in [0.29, 0.717) is 43.9 Å². The smallest absolute Gasteiger partial charge is 0.317 e. The summed E-state index contributed by atoms with van der Waals surface area (Å²) >= 11 is 0. The number of amides is 13. The van der Waals surface area contributed by atoms with Crippen molar-refractivity contribution in [2.24, 2.45) is 56.4 Å². The number of aliphatic hydroxyl groups excluding tert-OH is 1. The molecule has 0 unspecified atom stereocenters. The summed E-state index contributed by atoms with van der Waals surface area (Å²) in [6.45, 7) is -0.797. The Morgan fingerprint density at radius 3 is 1.15 bits per heavy atom. The zero-order chi connectivity index (χ0) is 89.2. The number of carbonyl (C=O) groups is 16. The van der Waals surface area contributed by atoms with Gasteiger partial charge in [0.15, 0.2) is 17.5 Å². The lowest BCUT2D eigenvalue weighted by Crippen LogP contribution is -2.45. The van der Waals surface area contributed by atoms with Gasteiger partial charge in [-0.1, -0.05) is 0 Å². The van der Waals surface area contributed by atoms with Crippen molar-refractivity contribution in [3.05, 3.63) is 132 Å². The largest absolute Gasteiger partial charge is 0.480 e. The van der Waals surface area contributed by atoms with E-state index in [1.807, 2.05) is 11.9 Å². The number of nitrogens with one attached hydrogen (secondary N) is 13. The first-order valence-corrected chi connectivity index (χ1v) is 38.0. The number of aromatic nitrogens is 11. The number of rotatable bonds is 47. The molecule has 0 aliphatic carbocycles. The topological polar surface area (TPSA) is 598 Å². The summed E-state index contributed by atoms with van der Waals surface area (Å²) in [5.41, 5.74) is 2.10. The van der Waals surface area contributed by atoms with Crippen molar-refractivity contribution >= 4 is 135 Å². The Morgan fingerprint density at radius 2 is 0.713 bits per heavy atom. The molecule has 8 heterocycles. The predicted molar refractivity (Wildman–Crippen MR) is 437 cm³/mol. The van der Waals surface area contributed by atoms with Crippen LogP contribution >= 0.6 is 0 Å². The van der Waals surface area contributed by atoms with Crippen LogP contribution in [-0.2, 0) is 94.7 Å². The Labute approximate surface area is 696 Å². The molecule has 0 aliphatic heterocycles. The van der Waals surface area contributed by atoms with Crippen molar-refractivity contribution in [3.63, 3.8) is 0 Å². The molecule has 17 N–H and O–H groups in total. The van der Waals surface area contributed by atoms with Gasteiger partial charge in [-0.2, -0.15) is 0 Å². The molecule has 0 aliphatic rings. The summed E-state index contributed by atoms with van der Waals surface area (Å²) in [6.07, 6.45) is 12.7. The Balaban J connectivity index is 0.668. The van der Waals surface area contributed by atoms with Crippen molar-refractivity contribution in [2.75, 3.05) is 136 Å². The summed E-state index contributed by atoms with van der Waals surface area (Å²) in [5, 5.41) is 72.6. The lowest BCUT2D eigenvalue weighted by atomic mass is 10.2. The lowest BCUT2D eigenvalue weighted by Gasteiger charge is -2.24. The van der Waals surface area contributed by atoms with Crippen molar-refractivity contribution in [1.29, 1.82) is 0 Å². The zero-order valence-corrected chi connectivity index (χ0v) is 68.4. The number of aryl methyl sites for hydroxylation is 8. The van der Waals surface area contributed by atoms with E-state index in [9.17, 15) is 86.9 Å². The van der Waals surface area contributed by atoms with Gasteiger partial charge < -0.3 is 131 Å². The molecule has 0 saturated heterocycles. The van der Waals surface area contributed by atoms with Gasteiger partial charge in [0.1, 0.15) is 34.6 Å². The molecule has 0 fully saturated rings. The average molecular weight is 1700 g/mol. The standard InChI is InChI=1S/C75H99N27O20/c1-92(23-12-18-77-60(107)40-101(41-61(108)109)25-26-102(42-62(110)111)43-63(112)113)22-11-17-76-57(104)14-19-80-68(115)51-30-48(37-96(51)5)86-74(121)65-89-55(38-99(65)8)88-59(106)15-20-81-69(116)50-28-45(34-94(50)3)84-71(118)53-27-44(33-98(53)7)83-58(105)13-10-16-79-67(114)49-29-47(36-95(49)4)87-75(122)66-90-56(39-100(66)9)91-72(119)54(103)32-82-70(117)52-31-46(35-97(52)6)85-73(120)64-78-21-24-93(64)2/h21,24,27-31,33-39,54,103H,10-20,22-23,25-26,32,40-43H2,1-9H3,(H,76,104)(H,77,107)(H,79,114)(H,80,115)(H,81,116)(H,82,117)(H,83,105)(H,84,118)(H,85,120)(H,86,121)(H,87,122)(H,88,106)(H,91,119)(H,108,109)(H,110,111)(H,112,113)/t54-/m0/s1. The molecule has 8 rings (SSSR count). The Morgan fingerprint density at radius 1 is 0.352 bits per heavy atom. The number of hydrogen-bond donors (Lipinski definition) is 17. The van der Waals surface area contributed by atoms with Crippen molar-refractivity contribution < 1.29 is 97.1 Å². The maximum absolute atomic E-state index is 13.5. The molecule has 0 saturated carbocycles. The fourth-order valence-electron chi connectivity index (χ4n) is 12.3. The average Bonchev–Trinajstić information content (AvgIpc) is 1.68. The molecule has 8 aromatic rings. The summed E-state index contributed by atoms with van der Waals surface area (Å²) in [6, 6.07) is 7.15. The minimum absolute atomic E-state index is 0.00803. The maximum atomic E-state index is 13.5. The molecule has 122 heavy (non-hydrogen) atoms. The third kappa shape index (κ3) is 28.0. The van der Waals surface area contributed by atoms with Gasteiger partial charge >= 0.3 is 17.9 Å². The molecule has 0 radical (unpaired) electrons. The lowest BCUT2D eigenvalue weighted by molar-refractivity contribution is -0.143. The van der Waals surface area contributed by atoms with E-state index < -0.39 is 121 Å². The number of imidazole rings is 3. The molecule has 0 spiro atoms. The van der Waals surface area contributed by atoms with E-state index in [1.165, 1.54) is 135 Å². The molecule has 0 bridgehead atoms. The molecule has 1 atom stereocenters. The Bertz CT molecular complexity index is 5190. The van der Waals surface area contributed by atoms with E-state index in [4.69, 9.17) is 10.2 Å². The second-order valence-electron chi connectivity index (χ2n) is 28.4. The van der Waals surface area contributed by atoms with Crippen molar-refractivity contribution in [1.82, 2.24) is 98.1 Å². The van der Waals surface area contributed by atoms with Crippen molar-refractivity contribution in [3.8, 4) is 0 Å². The number of anilines is 7. The van der Waals surface area contributed by atoms with Gasteiger partial charge in [0, 0.05) is 177 Å².